The third-order valence-corrected chi connectivity index (χ3v) is 3.67. The average Bonchev–Trinajstić information content (AvgIpc) is 2.57. The zero-order valence-electron chi connectivity index (χ0n) is 7.06. The van der Waals surface area contributed by atoms with Crippen LogP contribution in [0.25, 0.3) is 0 Å². The summed E-state index contributed by atoms with van der Waals surface area (Å²) in [5.74, 6) is 2.38. The number of aliphatic hydroxyl groups excluding tert-OH is 1. The van der Waals surface area contributed by atoms with Gasteiger partial charge in [-0.1, -0.05) is 6.92 Å². The van der Waals surface area contributed by atoms with Crippen LogP contribution in [0.1, 0.15) is 11.9 Å². The lowest BCUT2D eigenvalue weighted by Crippen LogP contribution is -2.03. The molecule has 1 unspecified atom stereocenters. The van der Waals surface area contributed by atoms with Crippen molar-refractivity contribution in [1.82, 2.24) is 4.98 Å². The predicted molar refractivity (Wildman–Crippen MR) is 54.5 cm³/mol. The first kappa shape index (κ1) is 10.0. The summed E-state index contributed by atoms with van der Waals surface area (Å²) in [6, 6.07) is 0. The average molecular weight is 203 g/mol. The summed E-state index contributed by atoms with van der Waals surface area (Å²) in [5, 5.41) is 11.9. The van der Waals surface area contributed by atoms with E-state index in [0.29, 0.717) is 5.92 Å². The highest BCUT2D eigenvalue weighted by Crippen LogP contribution is 2.16. The maximum absolute atomic E-state index is 8.77. The number of aliphatic hydroxyl groups is 1. The van der Waals surface area contributed by atoms with Crippen LogP contribution in [0.3, 0.4) is 0 Å². The Kier molecular flexibility index (Phi) is 4.65. The SMILES string of the molecule is CC(CO)CSCc1nccs1. The summed E-state index contributed by atoms with van der Waals surface area (Å²) < 4.78 is 0. The number of thioether (sulfide) groups is 1. The molecule has 0 saturated carbocycles. The Labute approximate surface area is 81.0 Å². The van der Waals surface area contributed by atoms with Gasteiger partial charge in [0.1, 0.15) is 5.01 Å². The summed E-state index contributed by atoms with van der Waals surface area (Å²) in [4.78, 5) is 4.17. The molecule has 0 aliphatic heterocycles. The van der Waals surface area contributed by atoms with Crippen LogP contribution in [-0.2, 0) is 5.75 Å². The van der Waals surface area contributed by atoms with E-state index in [1.165, 1.54) is 5.01 Å². The summed E-state index contributed by atoms with van der Waals surface area (Å²) in [6.07, 6.45) is 1.83. The molecule has 0 aliphatic rings. The van der Waals surface area contributed by atoms with Gasteiger partial charge in [-0.2, -0.15) is 11.8 Å². The smallest absolute Gasteiger partial charge is 0.102 e. The van der Waals surface area contributed by atoms with E-state index in [-0.39, 0.29) is 6.61 Å². The van der Waals surface area contributed by atoms with Crippen molar-refractivity contribution < 1.29 is 5.11 Å². The molecule has 68 valence electrons. The molecule has 0 radical (unpaired) electrons. The number of aromatic nitrogens is 1. The number of nitrogens with zero attached hydrogens (tertiary/aromatic N) is 1. The lowest BCUT2D eigenvalue weighted by Gasteiger charge is -2.04. The molecule has 0 amide bonds. The second-order valence-corrected chi connectivity index (χ2v) is 4.74. The van der Waals surface area contributed by atoms with Gasteiger partial charge in [-0.3, -0.25) is 0 Å². The highest BCUT2D eigenvalue weighted by Gasteiger charge is 2.01. The monoisotopic (exact) mass is 203 g/mol. The fourth-order valence-electron chi connectivity index (χ4n) is 0.724. The van der Waals surface area contributed by atoms with Gasteiger partial charge in [0.25, 0.3) is 0 Å². The second kappa shape index (κ2) is 5.56. The molecular formula is C8H13NOS2. The molecule has 0 fully saturated rings. The minimum Gasteiger partial charge on any atom is -0.396 e. The predicted octanol–water partition coefficient (Wildman–Crippen LogP) is 2.00. The van der Waals surface area contributed by atoms with E-state index in [1.54, 1.807) is 11.3 Å². The zero-order chi connectivity index (χ0) is 8.81. The molecule has 0 bridgehead atoms. The lowest BCUT2D eigenvalue weighted by atomic mass is 10.2. The van der Waals surface area contributed by atoms with Crippen LogP contribution in [0, 0.1) is 5.92 Å². The van der Waals surface area contributed by atoms with Gasteiger partial charge in [-0.25, -0.2) is 4.98 Å². The Morgan fingerprint density at radius 1 is 1.75 bits per heavy atom. The molecule has 12 heavy (non-hydrogen) atoms. The Hall–Kier alpha value is -0.0600. The van der Waals surface area contributed by atoms with Gasteiger partial charge in [0.05, 0.1) is 0 Å². The highest BCUT2D eigenvalue weighted by atomic mass is 32.2. The molecule has 0 spiro atoms. The number of hydrogen-bond acceptors (Lipinski definition) is 4. The first-order valence-corrected chi connectivity index (χ1v) is 5.93. The van der Waals surface area contributed by atoms with Crippen LogP contribution >= 0.6 is 23.1 Å². The standard InChI is InChI=1S/C8H13NOS2/c1-7(4-10)5-11-6-8-9-2-3-12-8/h2-3,7,10H,4-6H2,1H3. The first-order valence-electron chi connectivity index (χ1n) is 3.90. The lowest BCUT2D eigenvalue weighted by molar-refractivity contribution is 0.250. The molecule has 0 saturated heterocycles. The van der Waals surface area contributed by atoms with E-state index in [0.717, 1.165) is 11.5 Å². The van der Waals surface area contributed by atoms with Gasteiger partial charge < -0.3 is 5.11 Å². The summed E-state index contributed by atoms with van der Waals surface area (Å²) in [5.41, 5.74) is 0. The topological polar surface area (TPSA) is 33.1 Å². The normalized spacial score (nSPS) is 13.2. The van der Waals surface area contributed by atoms with Gasteiger partial charge in [-0.15, -0.1) is 11.3 Å². The molecular weight excluding hydrogens is 190 g/mol. The van der Waals surface area contributed by atoms with Crippen LogP contribution in [0.5, 0.6) is 0 Å². The molecule has 1 heterocycles. The van der Waals surface area contributed by atoms with E-state index in [9.17, 15) is 0 Å². The maximum Gasteiger partial charge on any atom is 0.102 e. The largest absolute Gasteiger partial charge is 0.396 e. The fourth-order valence-corrected chi connectivity index (χ4v) is 2.52. The first-order chi connectivity index (χ1) is 5.83. The van der Waals surface area contributed by atoms with E-state index in [1.807, 2.05) is 23.3 Å². The Balaban J connectivity index is 2.11. The van der Waals surface area contributed by atoms with Crippen molar-refractivity contribution in [1.29, 1.82) is 0 Å². The molecule has 1 atom stereocenters. The molecule has 1 N–H and O–H groups in total. The summed E-state index contributed by atoms with van der Waals surface area (Å²) >= 11 is 3.52. The van der Waals surface area contributed by atoms with Gasteiger partial charge in [0, 0.05) is 23.9 Å². The summed E-state index contributed by atoms with van der Waals surface area (Å²) in [6.45, 7) is 2.33. The van der Waals surface area contributed by atoms with Gasteiger partial charge >= 0.3 is 0 Å². The van der Waals surface area contributed by atoms with Crippen molar-refractivity contribution in [2.24, 2.45) is 5.92 Å². The van der Waals surface area contributed by atoms with Crippen molar-refractivity contribution >= 4 is 23.1 Å². The summed E-state index contributed by atoms with van der Waals surface area (Å²) in [7, 11) is 0. The van der Waals surface area contributed by atoms with E-state index in [4.69, 9.17) is 5.11 Å². The highest BCUT2D eigenvalue weighted by molar-refractivity contribution is 7.98. The Morgan fingerprint density at radius 2 is 2.58 bits per heavy atom. The minimum absolute atomic E-state index is 0.283. The number of thiazole rings is 1. The van der Waals surface area contributed by atoms with Crippen LogP contribution in [0.2, 0.25) is 0 Å². The van der Waals surface area contributed by atoms with Crippen molar-refractivity contribution in [3.05, 3.63) is 16.6 Å². The van der Waals surface area contributed by atoms with Crippen LogP contribution < -0.4 is 0 Å². The van der Waals surface area contributed by atoms with Crippen molar-refractivity contribution in [3.63, 3.8) is 0 Å². The molecule has 4 heteroatoms. The van der Waals surface area contributed by atoms with Crippen LogP contribution in [0.4, 0.5) is 0 Å². The molecule has 0 aliphatic carbocycles. The Bertz CT molecular complexity index is 201. The van der Waals surface area contributed by atoms with E-state index >= 15 is 0 Å². The van der Waals surface area contributed by atoms with Crippen molar-refractivity contribution in [3.8, 4) is 0 Å². The van der Waals surface area contributed by atoms with Crippen LogP contribution in [0.15, 0.2) is 11.6 Å². The van der Waals surface area contributed by atoms with Gasteiger partial charge in [0.2, 0.25) is 0 Å². The molecule has 2 nitrogen and oxygen atoms in total. The third-order valence-electron chi connectivity index (χ3n) is 1.42. The Morgan fingerprint density at radius 3 is 3.17 bits per heavy atom. The quantitative estimate of drug-likeness (QED) is 0.794. The van der Waals surface area contributed by atoms with E-state index in [2.05, 4.69) is 11.9 Å². The number of rotatable bonds is 5. The van der Waals surface area contributed by atoms with Crippen molar-refractivity contribution in [2.75, 3.05) is 12.4 Å². The van der Waals surface area contributed by atoms with Gasteiger partial charge in [-0.05, 0) is 11.7 Å². The molecule has 1 rings (SSSR count). The maximum atomic E-state index is 8.77. The molecule has 1 aromatic heterocycles. The van der Waals surface area contributed by atoms with Crippen molar-refractivity contribution in [2.45, 2.75) is 12.7 Å². The fraction of sp³-hybridized carbons (Fsp3) is 0.625. The molecule has 1 aromatic rings. The van der Waals surface area contributed by atoms with Crippen LogP contribution in [-0.4, -0.2) is 22.5 Å². The second-order valence-electron chi connectivity index (χ2n) is 2.73. The minimum atomic E-state index is 0.283. The number of hydrogen-bond donors (Lipinski definition) is 1. The third kappa shape index (κ3) is 3.56. The zero-order valence-corrected chi connectivity index (χ0v) is 8.70. The molecule has 0 aromatic carbocycles. The van der Waals surface area contributed by atoms with Gasteiger partial charge in [0.15, 0.2) is 0 Å². The van der Waals surface area contributed by atoms with E-state index < -0.39 is 0 Å².